The molecule has 1 aliphatic heterocycles. The van der Waals surface area contributed by atoms with Gasteiger partial charge in [0.25, 0.3) is 0 Å². The van der Waals surface area contributed by atoms with Gasteiger partial charge in [-0.2, -0.15) is 17.5 Å². The average Bonchev–Trinajstić information content (AvgIpc) is 2.93. The molecular formula is C26H24F3N5O3S. The molecular weight excluding hydrogens is 519 g/mol. The minimum atomic E-state index is -4.58. The summed E-state index contributed by atoms with van der Waals surface area (Å²) in [6.45, 7) is 0.521. The van der Waals surface area contributed by atoms with E-state index in [1.54, 1.807) is 18.2 Å². The van der Waals surface area contributed by atoms with Gasteiger partial charge in [0.2, 0.25) is 10.0 Å². The van der Waals surface area contributed by atoms with Crippen LogP contribution in [0.4, 0.5) is 24.7 Å². The van der Waals surface area contributed by atoms with E-state index in [0.717, 1.165) is 25.3 Å². The van der Waals surface area contributed by atoms with Gasteiger partial charge in [-0.25, -0.2) is 18.4 Å². The first-order chi connectivity index (χ1) is 18.2. The molecule has 0 bridgehead atoms. The Morgan fingerprint density at radius 2 is 1.71 bits per heavy atom. The van der Waals surface area contributed by atoms with Crippen molar-refractivity contribution in [1.29, 1.82) is 0 Å². The molecule has 1 aliphatic rings. The molecule has 12 heteroatoms. The molecule has 2 aromatic carbocycles. The summed E-state index contributed by atoms with van der Waals surface area (Å²) in [5.74, 6) is 0.382. The highest BCUT2D eigenvalue weighted by atomic mass is 32.2. The SMILES string of the molecule is O=S(=O)(c1ccc(Nc2nc(CO)nc3cc(-c4ncccc4C(F)(F)F)ccc23)cc1)N1CCCCC1. The third-order valence-electron chi connectivity index (χ3n) is 6.34. The number of alkyl halides is 3. The number of hydrogen-bond donors (Lipinski definition) is 2. The highest BCUT2D eigenvalue weighted by Crippen LogP contribution is 2.37. The molecule has 0 saturated carbocycles. The number of fused-ring (bicyclic) bond motifs is 1. The van der Waals surface area contributed by atoms with Crippen LogP contribution < -0.4 is 5.32 Å². The molecule has 1 saturated heterocycles. The Morgan fingerprint density at radius 1 is 0.974 bits per heavy atom. The number of piperidine rings is 1. The van der Waals surface area contributed by atoms with Crippen molar-refractivity contribution in [2.24, 2.45) is 0 Å². The maximum Gasteiger partial charge on any atom is 0.418 e. The number of halogens is 3. The van der Waals surface area contributed by atoms with Crippen LogP contribution in [0.25, 0.3) is 22.2 Å². The Bertz CT molecular complexity index is 1570. The number of pyridine rings is 1. The van der Waals surface area contributed by atoms with Crippen LogP contribution in [0.15, 0.2) is 65.7 Å². The van der Waals surface area contributed by atoms with Crippen LogP contribution in [0.2, 0.25) is 0 Å². The Balaban J connectivity index is 1.48. The second kappa shape index (κ2) is 10.3. The minimum absolute atomic E-state index is 0.0681. The van der Waals surface area contributed by atoms with Crippen LogP contribution in [0.3, 0.4) is 0 Å². The summed E-state index contributed by atoms with van der Waals surface area (Å²) in [6, 6.07) is 13.0. The Hall–Kier alpha value is -3.61. The van der Waals surface area contributed by atoms with E-state index in [1.807, 2.05) is 0 Å². The molecule has 1 fully saturated rings. The molecule has 0 spiro atoms. The zero-order valence-electron chi connectivity index (χ0n) is 20.1. The molecule has 0 radical (unpaired) electrons. The van der Waals surface area contributed by atoms with Gasteiger partial charge in [0.1, 0.15) is 12.4 Å². The summed E-state index contributed by atoms with van der Waals surface area (Å²) >= 11 is 0. The van der Waals surface area contributed by atoms with Crippen molar-refractivity contribution in [3.05, 3.63) is 72.2 Å². The molecule has 38 heavy (non-hydrogen) atoms. The normalized spacial score (nSPS) is 15.1. The van der Waals surface area contributed by atoms with E-state index in [1.165, 1.54) is 40.8 Å². The summed E-state index contributed by atoms with van der Waals surface area (Å²) in [7, 11) is -3.58. The van der Waals surface area contributed by atoms with Crippen LogP contribution in [0.1, 0.15) is 30.7 Å². The van der Waals surface area contributed by atoms with Crippen LogP contribution in [-0.2, 0) is 22.8 Å². The first-order valence-corrected chi connectivity index (χ1v) is 13.4. The molecule has 3 heterocycles. The standard InChI is InChI=1S/C26H24F3N5O3S/c27-26(28,29)21-5-4-12-30-24(21)17-6-11-20-22(15-17)32-23(16-35)33-25(20)31-18-7-9-19(10-8-18)38(36,37)34-13-2-1-3-14-34/h4-12,15,35H,1-3,13-14,16H2,(H,31,32,33). The Morgan fingerprint density at radius 3 is 2.39 bits per heavy atom. The zero-order valence-corrected chi connectivity index (χ0v) is 20.9. The van der Waals surface area contributed by atoms with Gasteiger partial charge in [-0.05, 0) is 61.4 Å². The number of sulfonamides is 1. The van der Waals surface area contributed by atoms with Crippen molar-refractivity contribution < 1.29 is 26.7 Å². The number of hydrogen-bond acceptors (Lipinski definition) is 7. The number of benzene rings is 2. The first kappa shape index (κ1) is 26.0. The van der Waals surface area contributed by atoms with Gasteiger partial charge >= 0.3 is 6.18 Å². The Labute approximate surface area is 217 Å². The highest BCUT2D eigenvalue weighted by Gasteiger charge is 2.34. The Kier molecular flexibility index (Phi) is 7.03. The van der Waals surface area contributed by atoms with Crippen molar-refractivity contribution in [3.63, 3.8) is 0 Å². The topological polar surface area (TPSA) is 108 Å². The smallest absolute Gasteiger partial charge is 0.388 e. The van der Waals surface area contributed by atoms with Crippen molar-refractivity contribution in [2.75, 3.05) is 18.4 Å². The van der Waals surface area contributed by atoms with E-state index < -0.39 is 28.4 Å². The van der Waals surface area contributed by atoms with E-state index in [9.17, 15) is 26.7 Å². The fourth-order valence-electron chi connectivity index (χ4n) is 4.46. The maximum absolute atomic E-state index is 13.5. The van der Waals surface area contributed by atoms with Crippen molar-refractivity contribution in [2.45, 2.75) is 36.9 Å². The van der Waals surface area contributed by atoms with Crippen molar-refractivity contribution in [1.82, 2.24) is 19.3 Å². The minimum Gasteiger partial charge on any atom is -0.388 e. The lowest BCUT2D eigenvalue weighted by molar-refractivity contribution is -0.137. The van der Waals surface area contributed by atoms with Crippen molar-refractivity contribution in [3.8, 4) is 11.3 Å². The second-order valence-corrected chi connectivity index (χ2v) is 10.8. The van der Waals surface area contributed by atoms with Gasteiger partial charge in [0, 0.05) is 35.9 Å². The predicted molar refractivity (Wildman–Crippen MR) is 136 cm³/mol. The lowest BCUT2D eigenvalue weighted by Crippen LogP contribution is -2.35. The van der Waals surface area contributed by atoms with Gasteiger partial charge in [0.05, 0.1) is 21.7 Å². The summed E-state index contributed by atoms with van der Waals surface area (Å²) in [4.78, 5) is 12.7. The highest BCUT2D eigenvalue weighted by molar-refractivity contribution is 7.89. The summed E-state index contributed by atoms with van der Waals surface area (Å²) < 4.78 is 68.0. The number of aliphatic hydroxyl groups is 1. The van der Waals surface area contributed by atoms with E-state index in [2.05, 4.69) is 20.3 Å². The number of rotatable bonds is 6. The van der Waals surface area contributed by atoms with Gasteiger partial charge in [-0.15, -0.1) is 0 Å². The van der Waals surface area contributed by atoms with Crippen LogP contribution >= 0.6 is 0 Å². The fourth-order valence-corrected chi connectivity index (χ4v) is 5.97. The maximum atomic E-state index is 13.5. The van der Waals surface area contributed by atoms with E-state index in [-0.39, 0.29) is 22.0 Å². The lowest BCUT2D eigenvalue weighted by Gasteiger charge is -2.25. The summed E-state index contributed by atoms with van der Waals surface area (Å²) in [5, 5.41) is 13.3. The number of nitrogens with one attached hydrogen (secondary N) is 1. The molecule has 4 aromatic rings. The quantitative estimate of drug-likeness (QED) is 0.348. The van der Waals surface area contributed by atoms with Crippen LogP contribution in [0, 0.1) is 0 Å². The largest absolute Gasteiger partial charge is 0.418 e. The van der Waals surface area contributed by atoms with Gasteiger partial charge in [-0.1, -0.05) is 12.5 Å². The molecule has 8 nitrogen and oxygen atoms in total. The van der Waals surface area contributed by atoms with Crippen molar-refractivity contribution >= 4 is 32.4 Å². The number of nitrogens with zero attached hydrogens (tertiary/aromatic N) is 4. The van der Waals surface area contributed by atoms with Gasteiger partial charge in [0.15, 0.2) is 5.82 Å². The predicted octanol–water partition coefficient (Wildman–Crippen LogP) is 5.12. The molecule has 5 rings (SSSR count). The molecule has 2 aromatic heterocycles. The molecule has 0 aliphatic carbocycles. The summed E-state index contributed by atoms with van der Waals surface area (Å²) in [5.41, 5.74) is -0.0298. The van der Waals surface area contributed by atoms with Gasteiger partial charge < -0.3 is 10.4 Å². The molecule has 2 N–H and O–H groups in total. The number of aliphatic hydroxyl groups excluding tert-OH is 1. The number of anilines is 2. The number of aromatic nitrogens is 3. The first-order valence-electron chi connectivity index (χ1n) is 12.0. The van der Waals surface area contributed by atoms with Crippen LogP contribution in [-0.4, -0.2) is 45.9 Å². The second-order valence-electron chi connectivity index (χ2n) is 8.89. The van der Waals surface area contributed by atoms with E-state index in [0.29, 0.717) is 35.5 Å². The fraction of sp³-hybridized carbons (Fsp3) is 0.269. The van der Waals surface area contributed by atoms with Gasteiger partial charge in [-0.3, -0.25) is 4.98 Å². The average molecular weight is 544 g/mol. The monoisotopic (exact) mass is 543 g/mol. The third kappa shape index (κ3) is 5.19. The lowest BCUT2D eigenvalue weighted by atomic mass is 10.0. The van der Waals surface area contributed by atoms with E-state index in [4.69, 9.17) is 0 Å². The zero-order chi connectivity index (χ0) is 26.9. The summed E-state index contributed by atoms with van der Waals surface area (Å²) in [6.07, 6.45) is -0.597. The molecule has 0 atom stereocenters. The molecule has 198 valence electrons. The van der Waals surface area contributed by atoms with E-state index >= 15 is 0 Å². The van der Waals surface area contributed by atoms with Crippen LogP contribution in [0.5, 0.6) is 0 Å². The molecule has 0 unspecified atom stereocenters. The third-order valence-corrected chi connectivity index (χ3v) is 8.25. The molecule has 0 amide bonds.